The van der Waals surface area contributed by atoms with Crippen molar-refractivity contribution in [2.45, 2.75) is 62.9 Å². The lowest BCUT2D eigenvalue weighted by Crippen LogP contribution is -2.61. The summed E-state index contributed by atoms with van der Waals surface area (Å²) in [5.74, 6) is 0.613. The predicted octanol–water partition coefficient (Wildman–Crippen LogP) is 5.13. The monoisotopic (exact) mass is 449 g/mol. The van der Waals surface area contributed by atoms with E-state index in [0.29, 0.717) is 23.9 Å². The van der Waals surface area contributed by atoms with Crippen LogP contribution in [0.15, 0.2) is 54.6 Å². The quantitative estimate of drug-likeness (QED) is 0.680. The van der Waals surface area contributed by atoms with Crippen molar-refractivity contribution in [3.8, 4) is 0 Å². The second-order valence-electron chi connectivity index (χ2n) is 9.86. The molecule has 6 heteroatoms. The minimum absolute atomic E-state index is 0.0249. The van der Waals surface area contributed by atoms with E-state index < -0.39 is 0 Å². The summed E-state index contributed by atoms with van der Waals surface area (Å²) < 4.78 is 13.2. The number of amides is 3. The van der Waals surface area contributed by atoms with Gasteiger partial charge in [-0.2, -0.15) is 0 Å². The fourth-order valence-corrected chi connectivity index (χ4v) is 6.71. The van der Waals surface area contributed by atoms with Crippen molar-refractivity contribution in [1.82, 2.24) is 10.2 Å². The van der Waals surface area contributed by atoms with Gasteiger partial charge in [-0.3, -0.25) is 4.79 Å². The van der Waals surface area contributed by atoms with Crippen LogP contribution in [-0.2, 0) is 11.2 Å². The van der Waals surface area contributed by atoms with Gasteiger partial charge in [0.2, 0.25) is 5.91 Å². The van der Waals surface area contributed by atoms with E-state index in [9.17, 15) is 14.0 Å². The molecule has 4 atom stereocenters. The molecule has 3 fully saturated rings. The van der Waals surface area contributed by atoms with Crippen LogP contribution < -0.4 is 10.6 Å². The highest BCUT2D eigenvalue weighted by molar-refractivity contribution is 5.89. The lowest BCUT2D eigenvalue weighted by molar-refractivity contribution is -0.138. The van der Waals surface area contributed by atoms with Gasteiger partial charge in [-0.15, -0.1) is 0 Å². The van der Waals surface area contributed by atoms with Crippen molar-refractivity contribution < 1.29 is 14.0 Å². The van der Waals surface area contributed by atoms with Crippen LogP contribution in [0.3, 0.4) is 0 Å². The smallest absolute Gasteiger partial charge is 0.319 e. The van der Waals surface area contributed by atoms with E-state index >= 15 is 0 Å². The highest BCUT2D eigenvalue weighted by Crippen LogP contribution is 2.52. The Kier molecular flexibility index (Phi) is 6.09. The van der Waals surface area contributed by atoms with Crippen molar-refractivity contribution in [1.29, 1.82) is 0 Å². The van der Waals surface area contributed by atoms with E-state index in [2.05, 4.69) is 39.8 Å². The van der Waals surface area contributed by atoms with Crippen LogP contribution in [0.1, 0.15) is 50.5 Å². The van der Waals surface area contributed by atoms with Gasteiger partial charge in [-0.25, -0.2) is 9.18 Å². The zero-order valence-corrected chi connectivity index (χ0v) is 18.9. The summed E-state index contributed by atoms with van der Waals surface area (Å²) in [6, 6.07) is 16.1. The van der Waals surface area contributed by atoms with Gasteiger partial charge in [0, 0.05) is 30.2 Å². The topological polar surface area (TPSA) is 61.4 Å². The highest BCUT2D eigenvalue weighted by atomic mass is 19.1. The minimum atomic E-state index is -0.328. The van der Waals surface area contributed by atoms with Gasteiger partial charge in [0.25, 0.3) is 0 Å². The average molecular weight is 450 g/mol. The number of urea groups is 1. The molecule has 174 valence electrons. The van der Waals surface area contributed by atoms with E-state index in [4.69, 9.17) is 0 Å². The number of carbonyl (C=O) groups excluding carboxylic acids is 2. The van der Waals surface area contributed by atoms with E-state index in [1.165, 1.54) is 17.7 Å². The summed E-state index contributed by atoms with van der Waals surface area (Å²) in [6.45, 7) is 0.872. The molecule has 2 heterocycles. The maximum absolute atomic E-state index is 13.2. The first-order valence-electron chi connectivity index (χ1n) is 12.2. The summed E-state index contributed by atoms with van der Waals surface area (Å²) in [5.41, 5.74) is 1.78. The van der Waals surface area contributed by atoms with Crippen LogP contribution >= 0.6 is 0 Å². The number of benzene rings is 2. The number of rotatable bonds is 4. The number of carbonyl (C=O) groups is 2. The summed E-state index contributed by atoms with van der Waals surface area (Å²) in [7, 11) is 0. The normalized spacial score (nSPS) is 29.1. The third-order valence-electron chi connectivity index (χ3n) is 8.08. The molecule has 2 aromatic rings. The number of hydrogen-bond donors (Lipinski definition) is 2. The van der Waals surface area contributed by atoms with Gasteiger partial charge < -0.3 is 15.5 Å². The molecule has 33 heavy (non-hydrogen) atoms. The largest absolute Gasteiger partial charge is 0.337 e. The van der Waals surface area contributed by atoms with Crippen LogP contribution in [0.5, 0.6) is 0 Å². The lowest BCUT2D eigenvalue weighted by atomic mass is 9.61. The molecule has 2 saturated heterocycles. The zero-order valence-electron chi connectivity index (χ0n) is 18.9. The summed E-state index contributed by atoms with van der Waals surface area (Å²) in [5, 5.41) is 6.10. The Morgan fingerprint density at radius 2 is 1.82 bits per heavy atom. The molecule has 2 N–H and O–H groups in total. The van der Waals surface area contributed by atoms with Crippen LogP contribution in [0, 0.1) is 17.7 Å². The maximum Gasteiger partial charge on any atom is 0.319 e. The molecule has 2 aliphatic heterocycles. The predicted molar refractivity (Wildman–Crippen MR) is 126 cm³/mol. The number of hydrogen-bond acceptors (Lipinski definition) is 2. The van der Waals surface area contributed by atoms with Gasteiger partial charge in [0.05, 0.1) is 0 Å². The highest BCUT2D eigenvalue weighted by Gasteiger charge is 2.56. The fraction of sp³-hybridized carbons (Fsp3) is 0.481. The van der Waals surface area contributed by atoms with Gasteiger partial charge >= 0.3 is 6.03 Å². The molecule has 1 unspecified atom stereocenters. The minimum Gasteiger partial charge on any atom is -0.337 e. The van der Waals surface area contributed by atoms with Crippen LogP contribution in [0.4, 0.5) is 14.9 Å². The molecule has 5 rings (SSSR count). The average Bonchev–Trinajstić information content (AvgIpc) is 3.18. The van der Waals surface area contributed by atoms with Crippen LogP contribution in [0.25, 0.3) is 0 Å². The standard InChI is InChI=1S/C27H32FN3O2/c28-20-10-12-21(13-11-20)29-26(33)30-24-14-16-27-15-5-17-31(27)25(32)9-4-8-23(27)22(24)18-19-6-2-1-3-7-19/h1-3,6-7,10-13,22-24H,4-5,8-9,14-18H2,(H2,29,30,33)/t22?,23-,24-,27+/m0/s1. The third-order valence-corrected chi connectivity index (χ3v) is 8.08. The van der Waals surface area contributed by atoms with Crippen LogP contribution in [-0.4, -0.2) is 35.0 Å². The van der Waals surface area contributed by atoms with E-state index in [1.807, 2.05) is 6.07 Å². The second kappa shape index (κ2) is 9.16. The number of nitrogens with zero attached hydrogens (tertiary/aromatic N) is 1. The Hall–Kier alpha value is -2.89. The van der Waals surface area contributed by atoms with E-state index in [-0.39, 0.29) is 29.3 Å². The van der Waals surface area contributed by atoms with Crippen molar-refractivity contribution in [3.05, 3.63) is 66.0 Å². The molecule has 1 saturated carbocycles. The molecule has 0 aromatic heterocycles. The first kappa shape index (κ1) is 21.9. The fourth-order valence-electron chi connectivity index (χ4n) is 6.71. The molecule has 3 aliphatic rings. The molecular formula is C27H32FN3O2. The lowest BCUT2D eigenvalue weighted by Gasteiger charge is -2.53. The molecule has 1 aliphatic carbocycles. The van der Waals surface area contributed by atoms with Crippen LogP contribution in [0.2, 0.25) is 0 Å². The maximum atomic E-state index is 13.2. The Bertz CT molecular complexity index is 996. The second-order valence-corrected chi connectivity index (χ2v) is 9.86. The Labute approximate surface area is 194 Å². The van der Waals surface area contributed by atoms with Crippen molar-refractivity contribution >= 4 is 17.6 Å². The van der Waals surface area contributed by atoms with Gasteiger partial charge in [-0.05, 0) is 86.6 Å². The SMILES string of the molecule is O=C(Nc1ccc(F)cc1)N[C@H]1CC[C@@]23CCCN2C(=O)CCC[C@H]3C1Cc1ccccc1. The van der Waals surface area contributed by atoms with Crippen molar-refractivity contribution in [3.63, 3.8) is 0 Å². The van der Waals surface area contributed by atoms with E-state index in [1.54, 1.807) is 12.1 Å². The summed E-state index contributed by atoms with van der Waals surface area (Å²) in [4.78, 5) is 28.0. The first-order valence-corrected chi connectivity index (χ1v) is 12.2. The molecular weight excluding hydrogens is 417 g/mol. The van der Waals surface area contributed by atoms with E-state index in [0.717, 1.165) is 51.5 Å². The molecule has 0 radical (unpaired) electrons. The summed E-state index contributed by atoms with van der Waals surface area (Å²) in [6.07, 6.45) is 7.41. The molecule has 5 nitrogen and oxygen atoms in total. The molecule has 0 bridgehead atoms. The first-order chi connectivity index (χ1) is 16.0. The Balaban J connectivity index is 1.40. The molecule has 3 amide bonds. The molecule has 1 spiro atoms. The van der Waals surface area contributed by atoms with Crippen molar-refractivity contribution in [2.75, 3.05) is 11.9 Å². The Morgan fingerprint density at radius 1 is 1.03 bits per heavy atom. The Morgan fingerprint density at radius 3 is 2.61 bits per heavy atom. The number of halogens is 1. The molecule has 2 aromatic carbocycles. The van der Waals surface area contributed by atoms with Gasteiger partial charge in [-0.1, -0.05) is 30.3 Å². The van der Waals surface area contributed by atoms with Crippen molar-refractivity contribution in [2.24, 2.45) is 11.8 Å². The zero-order chi connectivity index (χ0) is 22.8. The van der Waals surface area contributed by atoms with Gasteiger partial charge in [0.15, 0.2) is 0 Å². The van der Waals surface area contributed by atoms with Gasteiger partial charge in [0.1, 0.15) is 5.82 Å². The summed E-state index contributed by atoms with van der Waals surface area (Å²) >= 11 is 0. The number of nitrogens with one attached hydrogen (secondary N) is 2. The number of anilines is 1. The third kappa shape index (κ3) is 4.35.